The summed E-state index contributed by atoms with van der Waals surface area (Å²) in [6.07, 6.45) is -4.52. The van der Waals surface area contributed by atoms with Crippen molar-refractivity contribution in [1.82, 2.24) is 0 Å². The summed E-state index contributed by atoms with van der Waals surface area (Å²) in [4.78, 5) is 4.21. The molecule has 1 rings (SSSR count). The zero-order chi connectivity index (χ0) is 12.4. The van der Waals surface area contributed by atoms with E-state index in [1.807, 2.05) is 0 Å². The average Bonchev–Trinajstić information content (AvgIpc) is 2.16. The molecule has 1 aromatic rings. The summed E-state index contributed by atoms with van der Waals surface area (Å²) >= 11 is 0. The van der Waals surface area contributed by atoms with Crippen molar-refractivity contribution in [3.63, 3.8) is 0 Å². The molecule has 1 atom stereocenters. The molecule has 0 radical (unpaired) electrons. The van der Waals surface area contributed by atoms with Crippen LogP contribution in [0.1, 0.15) is 18.1 Å². The van der Waals surface area contributed by atoms with Crippen molar-refractivity contribution in [3.05, 3.63) is 35.4 Å². The lowest BCUT2D eigenvalue weighted by Crippen LogP contribution is -2.32. The summed E-state index contributed by atoms with van der Waals surface area (Å²) in [5.41, 5.74) is -2.93. The normalized spacial score (nSPS) is 15.9. The first-order chi connectivity index (χ1) is 7.29. The van der Waals surface area contributed by atoms with Crippen molar-refractivity contribution in [2.24, 2.45) is 5.90 Å². The zero-order valence-corrected chi connectivity index (χ0v) is 8.58. The Kier molecular flexibility index (Phi) is 3.57. The molecule has 90 valence electrons. The molecule has 0 spiro atoms. The number of benzene rings is 1. The summed E-state index contributed by atoms with van der Waals surface area (Å²) in [6, 6.07) is 4.77. The summed E-state index contributed by atoms with van der Waals surface area (Å²) in [5, 5.41) is 9.82. The van der Waals surface area contributed by atoms with Crippen LogP contribution in [-0.4, -0.2) is 11.7 Å². The van der Waals surface area contributed by atoms with E-state index < -0.39 is 23.9 Å². The number of hydrogen-bond donors (Lipinski definition) is 2. The maximum absolute atomic E-state index is 12.6. The minimum absolute atomic E-state index is 0.257. The highest BCUT2D eigenvalue weighted by atomic mass is 19.4. The molecule has 0 aliphatic heterocycles. The first-order valence-corrected chi connectivity index (χ1v) is 4.50. The average molecular weight is 235 g/mol. The van der Waals surface area contributed by atoms with E-state index >= 15 is 0 Å². The highest BCUT2D eigenvalue weighted by molar-refractivity contribution is 5.34. The number of alkyl halides is 3. The molecule has 0 aromatic heterocycles. The van der Waals surface area contributed by atoms with E-state index in [0.717, 1.165) is 6.07 Å². The third kappa shape index (κ3) is 2.72. The van der Waals surface area contributed by atoms with Gasteiger partial charge in [-0.05, 0) is 18.6 Å². The smallest absolute Gasteiger partial charge is 0.383 e. The molecule has 0 bridgehead atoms. The lowest BCUT2D eigenvalue weighted by Gasteiger charge is -2.25. The highest BCUT2D eigenvalue weighted by Crippen LogP contribution is 2.36. The second kappa shape index (κ2) is 4.40. The summed E-state index contributed by atoms with van der Waals surface area (Å²) < 4.78 is 37.9. The Morgan fingerprint density at radius 1 is 1.25 bits per heavy atom. The minimum Gasteiger partial charge on any atom is -0.383 e. The van der Waals surface area contributed by atoms with Gasteiger partial charge in [0, 0.05) is 0 Å². The second-order valence-electron chi connectivity index (χ2n) is 3.63. The van der Waals surface area contributed by atoms with Crippen molar-refractivity contribution in [1.29, 1.82) is 0 Å². The van der Waals surface area contributed by atoms with Gasteiger partial charge in [0.25, 0.3) is 0 Å². The van der Waals surface area contributed by atoms with Gasteiger partial charge in [-0.25, -0.2) is 5.90 Å². The van der Waals surface area contributed by atoms with E-state index in [1.165, 1.54) is 25.1 Å². The van der Waals surface area contributed by atoms with E-state index in [0.29, 0.717) is 0 Å². The van der Waals surface area contributed by atoms with Crippen LogP contribution < -0.4 is 5.90 Å². The molecule has 0 saturated carbocycles. The molecule has 6 heteroatoms. The van der Waals surface area contributed by atoms with E-state index in [9.17, 15) is 18.3 Å². The van der Waals surface area contributed by atoms with Crippen molar-refractivity contribution >= 4 is 0 Å². The van der Waals surface area contributed by atoms with Crippen LogP contribution in [0.3, 0.4) is 0 Å². The van der Waals surface area contributed by atoms with Crippen LogP contribution in [0.15, 0.2) is 24.3 Å². The molecule has 16 heavy (non-hydrogen) atoms. The Balaban J connectivity index is 3.23. The number of halogens is 3. The third-order valence-corrected chi connectivity index (χ3v) is 2.18. The number of nitrogens with two attached hydrogens (primary N) is 1. The molecule has 3 N–H and O–H groups in total. The monoisotopic (exact) mass is 235 g/mol. The van der Waals surface area contributed by atoms with Crippen LogP contribution in [-0.2, 0) is 16.6 Å². The van der Waals surface area contributed by atoms with E-state index in [-0.39, 0.29) is 5.56 Å². The van der Waals surface area contributed by atoms with Crippen LogP contribution in [0.4, 0.5) is 13.2 Å². The lowest BCUT2D eigenvalue weighted by atomic mass is 9.92. The molecule has 1 aromatic carbocycles. The molecular weight excluding hydrogens is 223 g/mol. The van der Waals surface area contributed by atoms with Crippen LogP contribution in [0, 0.1) is 0 Å². The molecule has 0 aliphatic carbocycles. The SMILES string of the molecule is CC(O)(CON)c1ccccc1C(F)(F)F. The van der Waals surface area contributed by atoms with Crippen molar-refractivity contribution in [2.75, 3.05) is 6.61 Å². The van der Waals surface area contributed by atoms with Crippen molar-refractivity contribution in [2.45, 2.75) is 18.7 Å². The molecule has 0 aliphatic rings. The second-order valence-corrected chi connectivity index (χ2v) is 3.63. The van der Waals surface area contributed by atoms with Gasteiger partial charge in [0.05, 0.1) is 5.56 Å². The maximum Gasteiger partial charge on any atom is 0.416 e. The molecule has 0 heterocycles. The van der Waals surface area contributed by atoms with Crippen LogP contribution >= 0.6 is 0 Å². The van der Waals surface area contributed by atoms with E-state index in [4.69, 9.17) is 5.90 Å². The predicted molar refractivity (Wildman–Crippen MR) is 51.2 cm³/mol. The Labute approximate surface area is 90.6 Å². The number of aliphatic hydroxyl groups is 1. The summed E-state index contributed by atoms with van der Waals surface area (Å²) in [7, 11) is 0. The van der Waals surface area contributed by atoms with E-state index in [1.54, 1.807) is 0 Å². The molecule has 0 amide bonds. The fraction of sp³-hybridized carbons (Fsp3) is 0.400. The van der Waals surface area contributed by atoms with Gasteiger partial charge in [-0.2, -0.15) is 13.2 Å². The Bertz CT molecular complexity index is 363. The molecule has 3 nitrogen and oxygen atoms in total. The van der Waals surface area contributed by atoms with Gasteiger partial charge in [0.2, 0.25) is 0 Å². The van der Waals surface area contributed by atoms with Gasteiger partial charge >= 0.3 is 6.18 Å². The first kappa shape index (κ1) is 13.0. The Hall–Kier alpha value is -1.11. The number of rotatable bonds is 3. The van der Waals surface area contributed by atoms with E-state index in [2.05, 4.69) is 4.84 Å². The van der Waals surface area contributed by atoms with Crippen LogP contribution in [0.25, 0.3) is 0 Å². The Morgan fingerprint density at radius 2 is 1.75 bits per heavy atom. The maximum atomic E-state index is 12.6. The molecule has 1 unspecified atom stereocenters. The van der Waals surface area contributed by atoms with Crippen LogP contribution in [0.2, 0.25) is 0 Å². The fourth-order valence-electron chi connectivity index (χ4n) is 1.44. The van der Waals surface area contributed by atoms with Gasteiger partial charge in [-0.1, -0.05) is 18.2 Å². The molecule has 0 fully saturated rings. The standard InChI is InChI=1S/C10H12F3NO2/c1-9(15,6-16-14)7-4-2-3-5-8(7)10(11,12)13/h2-5,15H,6,14H2,1H3. The highest BCUT2D eigenvalue weighted by Gasteiger charge is 2.38. The first-order valence-electron chi connectivity index (χ1n) is 4.50. The Morgan fingerprint density at radius 3 is 2.19 bits per heavy atom. The lowest BCUT2D eigenvalue weighted by molar-refractivity contribution is -0.141. The fourth-order valence-corrected chi connectivity index (χ4v) is 1.44. The third-order valence-electron chi connectivity index (χ3n) is 2.18. The minimum atomic E-state index is -4.52. The number of hydrogen-bond acceptors (Lipinski definition) is 3. The quantitative estimate of drug-likeness (QED) is 0.785. The van der Waals surface area contributed by atoms with Gasteiger partial charge in [-0.15, -0.1) is 0 Å². The largest absolute Gasteiger partial charge is 0.416 e. The van der Waals surface area contributed by atoms with Gasteiger partial charge < -0.3 is 9.94 Å². The summed E-state index contributed by atoms with van der Waals surface area (Å²) in [6.45, 7) is 0.796. The summed E-state index contributed by atoms with van der Waals surface area (Å²) in [5.74, 6) is 4.77. The predicted octanol–water partition coefficient (Wildman–Crippen LogP) is 1.80. The van der Waals surface area contributed by atoms with Gasteiger partial charge in [0.1, 0.15) is 12.2 Å². The van der Waals surface area contributed by atoms with Gasteiger partial charge in [0.15, 0.2) is 0 Å². The molecular formula is C10H12F3NO2. The van der Waals surface area contributed by atoms with Crippen molar-refractivity contribution < 1.29 is 23.1 Å². The van der Waals surface area contributed by atoms with Crippen LogP contribution in [0.5, 0.6) is 0 Å². The zero-order valence-electron chi connectivity index (χ0n) is 8.58. The van der Waals surface area contributed by atoms with Gasteiger partial charge in [-0.3, -0.25) is 0 Å². The molecule has 0 saturated heterocycles. The topological polar surface area (TPSA) is 55.5 Å². The van der Waals surface area contributed by atoms with Crippen molar-refractivity contribution in [3.8, 4) is 0 Å².